The number of ether oxygens (including phenoxy) is 3. The molecule has 0 aliphatic rings. The fourth-order valence-electron chi connectivity index (χ4n) is 3.22. The van der Waals surface area contributed by atoms with E-state index < -0.39 is 11.9 Å². The van der Waals surface area contributed by atoms with E-state index in [4.69, 9.17) is 32.7 Å². The summed E-state index contributed by atoms with van der Waals surface area (Å²) < 4.78 is 16.5. The first-order valence-corrected chi connectivity index (χ1v) is 11.8. The number of nitrogens with zero attached hydrogens (tertiary/aromatic N) is 2. The summed E-state index contributed by atoms with van der Waals surface area (Å²) in [6.07, 6.45) is 0. The summed E-state index contributed by atoms with van der Waals surface area (Å²) in [5.41, 5.74) is 1.85. The summed E-state index contributed by atoms with van der Waals surface area (Å²) in [5.74, 6) is -0.166. The van der Waals surface area contributed by atoms with Crippen molar-refractivity contribution in [3.05, 3.63) is 111 Å². The molecule has 0 saturated carbocycles. The van der Waals surface area contributed by atoms with Crippen LogP contribution >= 0.6 is 23.2 Å². The predicted octanol–water partition coefficient (Wildman–Crippen LogP) is 5.98. The number of methoxy groups -OCH3 is 1. The molecule has 8 nitrogen and oxygen atoms in total. The second kappa shape index (κ2) is 12.2. The summed E-state index contributed by atoms with van der Waals surface area (Å²) >= 11 is 12.5. The molecule has 0 aliphatic carbocycles. The molecule has 1 amide bonds. The highest BCUT2D eigenvalue weighted by atomic mass is 35.5. The van der Waals surface area contributed by atoms with E-state index in [1.165, 1.54) is 19.2 Å². The van der Waals surface area contributed by atoms with Crippen molar-refractivity contribution in [1.82, 2.24) is 10.2 Å². The van der Waals surface area contributed by atoms with Gasteiger partial charge in [0, 0.05) is 32.8 Å². The lowest BCUT2D eigenvalue weighted by Gasteiger charge is -2.13. The maximum absolute atomic E-state index is 13.0. The molecule has 4 rings (SSSR count). The van der Waals surface area contributed by atoms with Crippen LogP contribution in [0.1, 0.15) is 32.0 Å². The minimum absolute atomic E-state index is 0.0192. The Hall–Kier alpha value is -4.14. The Morgan fingerprint density at radius 1 is 0.784 bits per heavy atom. The van der Waals surface area contributed by atoms with Crippen LogP contribution in [-0.4, -0.2) is 29.2 Å². The lowest BCUT2D eigenvalue weighted by atomic mass is 10.1. The lowest BCUT2D eigenvalue weighted by Crippen LogP contribution is -2.15. The average molecular weight is 538 g/mol. The van der Waals surface area contributed by atoms with E-state index in [-0.39, 0.29) is 30.3 Å². The first-order valence-electron chi connectivity index (χ1n) is 11.0. The van der Waals surface area contributed by atoms with E-state index in [2.05, 4.69) is 20.3 Å². The molecule has 0 bridgehead atoms. The molecule has 0 aliphatic heterocycles. The molecule has 1 N–H and O–H groups in total. The number of nitrogens with one attached hydrogen (secondary N) is 1. The fourth-order valence-corrected chi connectivity index (χ4v) is 3.60. The smallest absolute Gasteiger partial charge is 0.358 e. The van der Waals surface area contributed by atoms with Crippen LogP contribution in [-0.2, 0) is 18.0 Å². The molecule has 1 heterocycles. The molecule has 0 saturated heterocycles. The number of esters is 1. The summed E-state index contributed by atoms with van der Waals surface area (Å²) in [5, 5.41) is 11.4. The molecule has 0 radical (unpaired) electrons. The second-order valence-corrected chi connectivity index (χ2v) is 8.52. The van der Waals surface area contributed by atoms with Crippen molar-refractivity contribution in [2.24, 2.45) is 0 Å². The maximum atomic E-state index is 13.0. The normalized spacial score (nSPS) is 10.5. The van der Waals surface area contributed by atoms with Crippen molar-refractivity contribution < 1.29 is 23.8 Å². The van der Waals surface area contributed by atoms with E-state index in [1.54, 1.807) is 30.3 Å². The van der Waals surface area contributed by atoms with Gasteiger partial charge in [0.25, 0.3) is 5.91 Å². The van der Waals surface area contributed by atoms with E-state index >= 15 is 0 Å². The van der Waals surface area contributed by atoms with Crippen molar-refractivity contribution in [1.29, 1.82) is 0 Å². The fraction of sp³-hybridized carbons (Fsp3) is 0.111. The number of benzene rings is 3. The highest BCUT2D eigenvalue weighted by Crippen LogP contribution is 2.27. The van der Waals surface area contributed by atoms with Crippen LogP contribution in [0.4, 0.5) is 5.82 Å². The van der Waals surface area contributed by atoms with Crippen molar-refractivity contribution in [2.45, 2.75) is 13.2 Å². The number of amides is 1. The van der Waals surface area contributed by atoms with Crippen LogP contribution in [0.2, 0.25) is 10.0 Å². The Labute approximate surface area is 223 Å². The first-order chi connectivity index (χ1) is 17.9. The highest BCUT2D eigenvalue weighted by molar-refractivity contribution is 6.31. The minimum Gasteiger partial charge on any atom is -0.489 e. The van der Waals surface area contributed by atoms with E-state index in [0.717, 1.165) is 11.1 Å². The molecule has 0 atom stereocenters. The SMILES string of the molecule is COC(=O)c1ccc(NC(=O)c2cc(OCc3ccccc3Cl)cc(OCc3ccccc3Cl)c2)nn1. The van der Waals surface area contributed by atoms with Crippen LogP contribution in [0.25, 0.3) is 0 Å². The van der Waals surface area contributed by atoms with Gasteiger partial charge in [-0.05, 0) is 36.4 Å². The maximum Gasteiger partial charge on any atom is 0.358 e. The number of hydrogen-bond acceptors (Lipinski definition) is 7. The van der Waals surface area contributed by atoms with Gasteiger partial charge in [-0.15, -0.1) is 10.2 Å². The molecule has 3 aromatic carbocycles. The molecule has 37 heavy (non-hydrogen) atoms. The van der Waals surface area contributed by atoms with Crippen LogP contribution in [0.5, 0.6) is 11.5 Å². The summed E-state index contributed by atoms with van der Waals surface area (Å²) in [4.78, 5) is 24.6. The van der Waals surface area contributed by atoms with E-state index in [0.29, 0.717) is 21.5 Å². The van der Waals surface area contributed by atoms with Gasteiger partial charge in [0.05, 0.1) is 7.11 Å². The Bertz CT molecular complexity index is 1350. The predicted molar refractivity (Wildman–Crippen MR) is 139 cm³/mol. The van der Waals surface area contributed by atoms with Crippen LogP contribution in [0.15, 0.2) is 78.9 Å². The molecule has 1 aromatic heterocycles. The third kappa shape index (κ3) is 6.97. The third-order valence-electron chi connectivity index (χ3n) is 5.15. The second-order valence-electron chi connectivity index (χ2n) is 7.70. The molecule has 10 heteroatoms. The van der Waals surface area contributed by atoms with Gasteiger partial charge in [-0.2, -0.15) is 0 Å². The van der Waals surface area contributed by atoms with Gasteiger partial charge in [-0.3, -0.25) is 4.79 Å². The van der Waals surface area contributed by atoms with Gasteiger partial charge in [-0.25, -0.2) is 4.79 Å². The standard InChI is InChI=1S/C27H21Cl2N3O5/c1-35-27(34)24-10-11-25(32-31-24)30-26(33)19-12-20(36-15-17-6-2-4-8-22(17)28)14-21(13-19)37-16-18-7-3-5-9-23(18)29/h2-14H,15-16H2,1H3,(H,30,32,33). The zero-order chi connectivity index (χ0) is 26.2. The molecule has 4 aromatic rings. The van der Waals surface area contributed by atoms with Crippen molar-refractivity contribution in [2.75, 3.05) is 12.4 Å². The molecular weight excluding hydrogens is 517 g/mol. The zero-order valence-electron chi connectivity index (χ0n) is 19.6. The number of aromatic nitrogens is 2. The van der Waals surface area contributed by atoms with Gasteiger partial charge >= 0.3 is 5.97 Å². The summed E-state index contributed by atoms with van der Waals surface area (Å²) in [6.45, 7) is 0.379. The van der Waals surface area contributed by atoms with Crippen molar-refractivity contribution in [3.8, 4) is 11.5 Å². The summed E-state index contributed by atoms with van der Waals surface area (Å²) in [6, 6.07) is 22.3. The van der Waals surface area contributed by atoms with Gasteiger partial charge in [-0.1, -0.05) is 59.6 Å². The topological polar surface area (TPSA) is 99.6 Å². The van der Waals surface area contributed by atoms with Gasteiger partial charge < -0.3 is 19.5 Å². The Kier molecular flexibility index (Phi) is 8.56. The van der Waals surface area contributed by atoms with Crippen LogP contribution in [0.3, 0.4) is 0 Å². The first kappa shape index (κ1) is 25.9. The Balaban J connectivity index is 1.55. The quantitative estimate of drug-likeness (QED) is 0.262. The number of hydrogen-bond donors (Lipinski definition) is 1. The number of rotatable bonds is 9. The Morgan fingerprint density at radius 3 is 1.84 bits per heavy atom. The number of halogens is 2. The molecule has 188 valence electrons. The van der Waals surface area contributed by atoms with Gasteiger partial charge in [0.1, 0.15) is 24.7 Å². The van der Waals surface area contributed by atoms with Gasteiger partial charge in [0.15, 0.2) is 11.5 Å². The zero-order valence-corrected chi connectivity index (χ0v) is 21.1. The monoisotopic (exact) mass is 537 g/mol. The molecular formula is C27H21Cl2N3O5. The number of carbonyl (C=O) groups is 2. The highest BCUT2D eigenvalue weighted by Gasteiger charge is 2.14. The molecule has 0 fully saturated rings. The minimum atomic E-state index is -0.631. The van der Waals surface area contributed by atoms with Crippen molar-refractivity contribution in [3.63, 3.8) is 0 Å². The summed E-state index contributed by atoms with van der Waals surface area (Å²) in [7, 11) is 1.24. The van der Waals surface area contributed by atoms with Gasteiger partial charge in [0.2, 0.25) is 0 Å². The third-order valence-corrected chi connectivity index (χ3v) is 5.88. The molecule has 0 spiro atoms. The molecule has 0 unspecified atom stereocenters. The van der Waals surface area contributed by atoms with Crippen LogP contribution in [0, 0.1) is 0 Å². The van der Waals surface area contributed by atoms with Crippen LogP contribution < -0.4 is 14.8 Å². The van der Waals surface area contributed by atoms with E-state index in [9.17, 15) is 9.59 Å². The Morgan fingerprint density at radius 2 is 1.35 bits per heavy atom. The van der Waals surface area contributed by atoms with Crippen molar-refractivity contribution >= 4 is 40.9 Å². The number of anilines is 1. The lowest BCUT2D eigenvalue weighted by molar-refractivity contribution is 0.0592. The number of carbonyl (C=O) groups excluding carboxylic acids is 2. The average Bonchev–Trinajstić information content (AvgIpc) is 2.92. The largest absolute Gasteiger partial charge is 0.489 e. The van der Waals surface area contributed by atoms with E-state index in [1.807, 2.05) is 36.4 Å².